The van der Waals surface area contributed by atoms with Gasteiger partial charge in [0.15, 0.2) is 29.0 Å². The predicted molar refractivity (Wildman–Crippen MR) is 140 cm³/mol. The van der Waals surface area contributed by atoms with E-state index in [2.05, 4.69) is 44.5 Å². The third kappa shape index (κ3) is 4.74. The summed E-state index contributed by atoms with van der Waals surface area (Å²) in [7, 11) is 0. The van der Waals surface area contributed by atoms with Crippen LogP contribution >= 0.6 is 0 Å². The lowest BCUT2D eigenvalue weighted by molar-refractivity contribution is -0.199. The minimum absolute atomic E-state index is 0.0247. The molecule has 2 aliphatic rings. The molecule has 0 spiro atoms. The molecule has 2 aromatic heterocycles. The van der Waals surface area contributed by atoms with Gasteiger partial charge in [-0.2, -0.15) is 0 Å². The molecule has 202 valence electrons. The van der Waals surface area contributed by atoms with Crippen molar-refractivity contribution in [3.8, 4) is 0 Å². The smallest absolute Gasteiger partial charge is 0.374 e. The van der Waals surface area contributed by atoms with Gasteiger partial charge >= 0.3 is 5.97 Å². The first kappa shape index (κ1) is 25.4. The van der Waals surface area contributed by atoms with Crippen LogP contribution in [0.3, 0.4) is 0 Å². The number of aliphatic hydroxyl groups is 1. The maximum absolute atomic E-state index is 12.0. The van der Waals surface area contributed by atoms with Crippen molar-refractivity contribution in [3.05, 3.63) is 83.9 Å². The molecule has 2 fully saturated rings. The highest BCUT2D eigenvalue weighted by Crippen LogP contribution is 2.43. The second-order valence-corrected chi connectivity index (χ2v) is 10.1. The van der Waals surface area contributed by atoms with Crippen LogP contribution in [0.25, 0.3) is 11.2 Å². The van der Waals surface area contributed by atoms with E-state index in [1.807, 2.05) is 36.4 Å². The summed E-state index contributed by atoms with van der Waals surface area (Å²) in [6, 6.07) is 20.1. The van der Waals surface area contributed by atoms with Gasteiger partial charge in [0.05, 0.1) is 12.9 Å². The molecule has 4 heterocycles. The zero-order chi connectivity index (χ0) is 27.1. The van der Waals surface area contributed by atoms with Gasteiger partial charge in [0.2, 0.25) is 5.82 Å². The molecule has 0 aliphatic carbocycles. The number of carbonyl (C=O) groups is 1. The van der Waals surface area contributed by atoms with Gasteiger partial charge in [-0.15, -0.1) is 0 Å². The molecule has 39 heavy (non-hydrogen) atoms. The molecule has 11 heteroatoms. The molecule has 2 saturated heterocycles. The number of hydrogen-bond acceptors (Lipinski definition) is 9. The molecule has 0 radical (unpaired) electrons. The maximum atomic E-state index is 12.0. The van der Waals surface area contributed by atoms with Crippen LogP contribution in [-0.4, -0.2) is 73.0 Å². The normalized spacial score (nSPS) is 23.8. The average molecular weight is 532 g/mol. The Labute approximate surface area is 224 Å². The minimum Gasteiger partial charge on any atom is -0.475 e. The van der Waals surface area contributed by atoms with E-state index in [0.717, 1.165) is 11.1 Å². The number of fused-ring (bicyclic) bond motifs is 2. The van der Waals surface area contributed by atoms with E-state index in [4.69, 9.17) is 14.2 Å². The van der Waals surface area contributed by atoms with Gasteiger partial charge < -0.3 is 29.7 Å². The number of anilines is 1. The quantitative estimate of drug-likeness (QED) is 0.310. The van der Waals surface area contributed by atoms with Crippen LogP contribution in [0.2, 0.25) is 0 Å². The van der Waals surface area contributed by atoms with Crippen LogP contribution in [0.4, 0.5) is 5.82 Å². The number of rotatable bonds is 8. The summed E-state index contributed by atoms with van der Waals surface area (Å²) in [5.74, 6) is -2.23. The monoisotopic (exact) mass is 531 g/mol. The zero-order valence-electron chi connectivity index (χ0n) is 21.5. The third-order valence-electron chi connectivity index (χ3n) is 7.07. The first-order chi connectivity index (χ1) is 18.8. The molecule has 11 nitrogen and oxygen atoms in total. The van der Waals surface area contributed by atoms with Gasteiger partial charge in [-0.25, -0.2) is 19.7 Å². The SMILES string of the molecule is CC1(C)O[C@@H]2[C@H](O1)[C@@H](CO)O[C@H]2n1cnc2c(NCC(c3ccccc3)c3ccccc3)nc(C(=O)O)nc21. The van der Waals surface area contributed by atoms with E-state index in [9.17, 15) is 15.0 Å². The number of benzene rings is 2. The molecule has 2 aromatic carbocycles. The van der Waals surface area contributed by atoms with Gasteiger partial charge in [0, 0.05) is 12.5 Å². The Morgan fingerprint density at radius 2 is 1.67 bits per heavy atom. The number of aromatic carboxylic acids is 1. The predicted octanol–water partition coefficient (Wildman–Crippen LogP) is 3.18. The van der Waals surface area contributed by atoms with E-state index < -0.39 is 36.3 Å². The Hall–Kier alpha value is -3.90. The number of aliphatic hydroxyl groups excluding tert-OH is 1. The molecular formula is C28H29N5O6. The van der Waals surface area contributed by atoms with Crippen molar-refractivity contribution < 1.29 is 29.2 Å². The van der Waals surface area contributed by atoms with Crippen LogP contribution in [0.5, 0.6) is 0 Å². The van der Waals surface area contributed by atoms with Gasteiger partial charge in [-0.3, -0.25) is 4.57 Å². The molecule has 0 amide bonds. The van der Waals surface area contributed by atoms with Crippen molar-refractivity contribution in [2.24, 2.45) is 0 Å². The van der Waals surface area contributed by atoms with Crippen LogP contribution in [0.1, 0.15) is 47.7 Å². The Kier molecular flexibility index (Phi) is 6.51. The fraction of sp³-hybridized carbons (Fsp3) is 0.357. The molecule has 6 rings (SSSR count). The summed E-state index contributed by atoms with van der Waals surface area (Å²) < 4.78 is 19.8. The Morgan fingerprint density at radius 1 is 1.03 bits per heavy atom. The Morgan fingerprint density at radius 3 is 2.28 bits per heavy atom. The van der Waals surface area contributed by atoms with Crippen LogP contribution < -0.4 is 5.32 Å². The van der Waals surface area contributed by atoms with Crippen molar-refractivity contribution in [1.82, 2.24) is 19.5 Å². The maximum Gasteiger partial charge on any atom is 0.374 e. The summed E-state index contributed by atoms with van der Waals surface area (Å²) in [5.41, 5.74) is 2.88. The summed E-state index contributed by atoms with van der Waals surface area (Å²) in [4.78, 5) is 25.1. The summed E-state index contributed by atoms with van der Waals surface area (Å²) in [6.45, 7) is 3.78. The number of hydrogen-bond donors (Lipinski definition) is 3. The fourth-order valence-electron chi connectivity index (χ4n) is 5.35. The van der Waals surface area contributed by atoms with E-state index in [0.29, 0.717) is 17.9 Å². The highest BCUT2D eigenvalue weighted by molar-refractivity contribution is 5.90. The first-order valence-corrected chi connectivity index (χ1v) is 12.8. The van der Waals surface area contributed by atoms with E-state index in [1.54, 1.807) is 18.4 Å². The van der Waals surface area contributed by atoms with Crippen molar-refractivity contribution in [2.45, 2.75) is 50.1 Å². The molecule has 3 N–H and O–H groups in total. The molecule has 0 saturated carbocycles. The summed E-state index contributed by atoms with van der Waals surface area (Å²) in [6.07, 6.45) is -0.865. The minimum atomic E-state index is -1.27. The molecule has 4 atom stereocenters. The molecule has 2 aliphatic heterocycles. The lowest BCUT2D eigenvalue weighted by Crippen LogP contribution is -2.31. The van der Waals surface area contributed by atoms with E-state index in [-0.39, 0.29) is 24.0 Å². The van der Waals surface area contributed by atoms with Gasteiger partial charge in [-0.05, 0) is 25.0 Å². The number of nitrogens with one attached hydrogen (secondary N) is 1. The second-order valence-electron chi connectivity index (χ2n) is 10.1. The lowest BCUT2D eigenvalue weighted by atomic mass is 9.91. The number of imidazole rings is 1. The van der Waals surface area contributed by atoms with Crippen molar-refractivity contribution in [2.75, 3.05) is 18.5 Å². The number of nitrogens with zero attached hydrogens (tertiary/aromatic N) is 4. The largest absolute Gasteiger partial charge is 0.475 e. The van der Waals surface area contributed by atoms with Gasteiger partial charge in [0.1, 0.15) is 18.3 Å². The van der Waals surface area contributed by atoms with Crippen molar-refractivity contribution in [3.63, 3.8) is 0 Å². The van der Waals surface area contributed by atoms with E-state index in [1.165, 1.54) is 6.33 Å². The molecular weight excluding hydrogens is 502 g/mol. The molecule has 0 bridgehead atoms. The topological polar surface area (TPSA) is 141 Å². The standard InChI is InChI=1S/C28H29N5O6/c1-28(2)38-21-19(14-34)37-26(22(21)39-28)33-15-30-20-23(31-24(27(35)36)32-25(20)33)29-13-18(16-9-5-3-6-10-16)17-11-7-4-8-12-17/h3-12,15,18-19,21-22,26,34H,13-14H2,1-2H3,(H,35,36)(H,29,31,32)/t19-,21-,22-,26-/m1/s1. The van der Waals surface area contributed by atoms with E-state index >= 15 is 0 Å². The number of ether oxygens (including phenoxy) is 3. The van der Waals surface area contributed by atoms with Gasteiger partial charge in [-0.1, -0.05) is 60.7 Å². The Balaban J connectivity index is 1.37. The van der Waals surface area contributed by atoms with Gasteiger partial charge in [0.25, 0.3) is 0 Å². The van der Waals surface area contributed by atoms with Crippen LogP contribution in [0, 0.1) is 0 Å². The molecule has 4 aromatic rings. The van der Waals surface area contributed by atoms with Crippen molar-refractivity contribution >= 4 is 23.0 Å². The highest BCUT2D eigenvalue weighted by Gasteiger charge is 2.56. The lowest BCUT2D eigenvalue weighted by Gasteiger charge is -2.24. The van der Waals surface area contributed by atoms with Crippen LogP contribution in [-0.2, 0) is 14.2 Å². The first-order valence-electron chi connectivity index (χ1n) is 12.8. The number of carboxylic acid groups (broad SMARTS) is 1. The number of aromatic nitrogens is 4. The zero-order valence-corrected chi connectivity index (χ0v) is 21.5. The average Bonchev–Trinajstić information content (AvgIpc) is 3.60. The third-order valence-corrected chi connectivity index (χ3v) is 7.07. The van der Waals surface area contributed by atoms with Crippen LogP contribution in [0.15, 0.2) is 67.0 Å². The molecule has 0 unspecified atom stereocenters. The summed E-state index contributed by atoms with van der Waals surface area (Å²) >= 11 is 0. The summed E-state index contributed by atoms with van der Waals surface area (Å²) in [5, 5.41) is 23.0. The Bertz CT molecular complexity index is 1440. The fourth-order valence-corrected chi connectivity index (χ4v) is 5.35. The highest BCUT2D eigenvalue weighted by atomic mass is 16.8. The second kappa shape index (κ2) is 10.0. The number of carboxylic acids is 1. The van der Waals surface area contributed by atoms with Crippen molar-refractivity contribution in [1.29, 1.82) is 0 Å².